The van der Waals surface area contributed by atoms with E-state index in [0.717, 1.165) is 16.7 Å². The van der Waals surface area contributed by atoms with E-state index >= 15 is 0 Å². The number of nitrogens with two attached hydrogens (primary N) is 1. The van der Waals surface area contributed by atoms with Crippen molar-refractivity contribution in [1.82, 2.24) is 0 Å². The van der Waals surface area contributed by atoms with Crippen molar-refractivity contribution in [1.29, 1.82) is 0 Å². The first kappa shape index (κ1) is 19.1. The molecule has 1 fully saturated rings. The number of halogens is 2. The topological polar surface area (TPSA) is 89.7 Å². The second-order valence-electron chi connectivity index (χ2n) is 5.08. The van der Waals surface area contributed by atoms with Crippen molar-refractivity contribution < 1.29 is 19.1 Å². The minimum atomic E-state index is -0.840. The fourth-order valence-corrected chi connectivity index (χ4v) is 3.81. The number of hydrogen-bond acceptors (Lipinski definition) is 6. The van der Waals surface area contributed by atoms with Gasteiger partial charge in [0.25, 0.3) is 0 Å². The lowest BCUT2D eigenvalue weighted by Gasteiger charge is -2.16. The highest BCUT2D eigenvalue weighted by Crippen LogP contribution is 2.33. The summed E-state index contributed by atoms with van der Waals surface area (Å²) in [6.07, 6.45) is 0.0309. The predicted octanol–water partition coefficient (Wildman–Crippen LogP) is 2.25. The molecule has 1 saturated heterocycles. The molecule has 1 aliphatic rings. The van der Waals surface area contributed by atoms with Crippen LogP contribution in [0.2, 0.25) is 10.0 Å². The van der Waals surface area contributed by atoms with E-state index in [-0.39, 0.29) is 30.6 Å². The average molecular weight is 391 g/mol. The maximum Gasteiger partial charge on any atom is 0.323 e. The first-order chi connectivity index (χ1) is 11.3. The van der Waals surface area contributed by atoms with Gasteiger partial charge in [0.15, 0.2) is 0 Å². The maximum atomic E-state index is 12.5. The average Bonchev–Trinajstić information content (AvgIpc) is 2.78. The van der Waals surface area contributed by atoms with Gasteiger partial charge >= 0.3 is 5.97 Å². The molecule has 0 aromatic heterocycles. The minimum absolute atomic E-state index is 0.0309. The first-order valence-electron chi connectivity index (χ1n) is 7.20. The normalized spacial score (nSPS) is 18.8. The molecule has 2 atom stereocenters. The van der Waals surface area contributed by atoms with E-state index in [9.17, 15) is 14.4 Å². The molecule has 0 saturated carbocycles. The molecular formula is C15H16Cl2N2O4S. The number of ether oxygens (including phenoxy) is 1. The lowest BCUT2D eigenvalue weighted by molar-refractivity contribution is -0.144. The highest BCUT2D eigenvalue weighted by atomic mass is 35.5. The summed E-state index contributed by atoms with van der Waals surface area (Å²) in [6.45, 7) is 1.92. The summed E-state index contributed by atoms with van der Waals surface area (Å²) < 4.78 is 4.81. The summed E-state index contributed by atoms with van der Waals surface area (Å²) in [4.78, 5) is 37.2. The summed E-state index contributed by atoms with van der Waals surface area (Å²) in [5, 5.41) is 0.0628. The third-order valence-corrected chi connectivity index (χ3v) is 5.04. The summed E-state index contributed by atoms with van der Waals surface area (Å²) in [6, 6.07) is 3.68. The molecule has 2 rings (SSSR count). The second kappa shape index (κ2) is 8.20. The Morgan fingerprint density at radius 1 is 1.38 bits per heavy atom. The number of carbonyl (C=O) groups excluding carboxylic acids is 3. The molecular weight excluding hydrogens is 375 g/mol. The first-order valence-corrected chi connectivity index (χ1v) is 9.00. The number of imide groups is 1. The fraction of sp³-hybridized carbons (Fsp3) is 0.400. The van der Waals surface area contributed by atoms with Gasteiger partial charge in [0.1, 0.15) is 6.04 Å². The zero-order valence-corrected chi connectivity index (χ0v) is 15.2. The molecule has 0 spiro atoms. The van der Waals surface area contributed by atoms with Crippen molar-refractivity contribution in [3.63, 3.8) is 0 Å². The van der Waals surface area contributed by atoms with E-state index in [0.29, 0.717) is 15.7 Å². The minimum Gasteiger partial charge on any atom is -0.465 e. The van der Waals surface area contributed by atoms with Gasteiger partial charge in [-0.25, -0.2) is 4.90 Å². The molecule has 2 amide bonds. The van der Waals surface area contributed by atoms with Crippen LogP contribution in [-0.4, -0.2) is 41.4 Å². The van der Waals surface area contributed by atoms with Gasteiger partial charge in [-0.3, -0.25) is 14.4 Å². The molecule has 9 heteroatoms. The van der Waals surface area contributed by atoms with E-state index in [1.54, 1.807) is 6.92 Å². The fourth-order valence-electron chi connectivity index (χ4n) is 2.21. The number of hydrogen-bond donors (Lipinski definition) is 1. The van der Waals surface area contributed by atoms with Crippen LogP contribution in [0, 0.1) is 0 Å². The number of thioether (sulfide) groups is 1. The van der Waals surface area contributed by atoms with Crippen LogP contribution in [0.1, 0.15) is 13.3 Å². The lowest BCUT2D eigenvalue weighted by Crippen LogP contribution is -2.36. The third-order valence-electron chi connectivity index (χ3n) is 3.28. The van der Waals surface area contributed by atoms with Gasteiger partial charge in [-0.2, -0.15) is 0 Å². The van der Waals surface area contributed by atoms with Crippen LogP contribution in [0.4, 0.5) is 5.69 Å². The highest BCUT2D eigenvalue weighted by molar-refractivity contribution is 8.00. The molecule has 0 radical (unpaired) electrons. The van der Waals surface area contributed by atoms with Crippen LogP contribution in [0.3, 0.4) is 0 Å². The SMILES string of the molecule is CCOC(=O)[C@@H](N)CSC1CC(=O)N(c2cc(Cl)cc(Cl)c2)C1=O. The lowest BCUT2D eigenvalue weighted by atomic mass is 10.3. The van der Waals surface area contributed by atoms with Crippen LogP contribution in [0.25, 0.3) is 0 Å². The Kier molecular flexibility index (Phi) is 6.51. The zero-order valence-electron chi connectivity index (χ0n) is 12.8. The molecule has 1 aliphatic heterocycles. The molecule has 0 aliphatic carbocycles. The Morgan fingerprint density at radius 3 is 2.58 bits per heavy atom. The maximum absolute atomic E-state index is 12.5. The molecule has 1 unspecified atom stereocenters. The Morgan fingerprint density at radius 2 is 2.00 bits per heavy atom. The molecule has 24 heavy (non-hydrogen) atoms. The van der Waals surface area contributed by atoms with E-state index in [1.165, 1.54) is 18.2 Å². The standard InChI is InChI=1S/C15H16Cl2N2O4S/c1-2-23-15(22)11(18)7-24-12-6-13(20)19(14(12)21)10-4-8(16)3-9(17)5-10/h3-5,11-12H,2,6-7,18H2,1H3/t11-,12?/m0/s1. The number of benzene rings is 1. The molecule has 130 valence electrons. The second-order valence-corrected chi connectivity index (χ2v) is 7.19. The Hall–Kier alpha value is -1.28. The number of rotatable bonds is 6. The van der Waals surface area contributed by atoms with Crippen LogP contribution < -0.4 is 10.6 Å². The van der Waals surface area contributed by atoms with Crippen molar-refractivity contribution in [3.05, 3.63) is 28.2 Å². The summed E-state index contributed by atoms with van der Waals surface area (Å²) in [5.74, 6) is -1.06. The van der Waals surface area contributed by atoms with Gasteiger partial charge in [-0.1, -0.05) is 23.2 Å². The third kappa shape index (κ3) is 4.42. The summed E-state index contributed by atoms with van der Waals surface area (Å²) in [7, 11) is 0. The molecule has 6 nitrogen and oxygen atoms in total. The van der Waals surface area contributed by atoms with Crippen LogP contribution in [0.15, 0.2) is 18.2 Å². The monoisotopic (exact) mass is 390 g/mol. The largest absolute Gasteiger partial charge is 0.465 e. The Labute approximate surface area is 153 Å². The van der Waals surface area contributed by atoms with E-state index < -0.39 is 17.3 Å². The van der Waals surface area contributed by atoms with Crippen LogP contribution in [-0.2, 0) is 19.1 Å². The molecule has 0 bridgehead atoms. The molecule has 1 heterocycles. The van der Waals surface area contributed by atoms with E-state index in [1.807, 2.05) is 0 Å². The summed E-state index contributed by atoms with van der Waals surface area (Å²) >= 11 is 13.0. The number of anilines is 1. The van der Waals surface area contributed by atoms with E-state index in [2.05, 4.69) is 0 Å². The van der Waals surface area contributed by atoms with Crippen molar-refractivity contribution in [3.8, 4) is 0 Å². The Bertz CT molecular complexity index is 651. The number of nitrogens with zero attached hydrogens (tertiary/aromatic N) is 1. The predicted molar refractivity (Wildman–Crippen MR) is 94.4 cm³/mol. The molecule has 1 aromatic rings. The Balaban J connectivity index is 2.05. The van der Waals surface area contributed by atoms with Gasteiger partial charge in [-0.15, -0.1) is 11.8 Å². The number of carbonyl (C=O) groups is 3. The summed E-state index contributed by atoms with van der Waals surface area (Å²) in [5.41, 5.74) is 6.04. The van der Waals surface area contributed by atoms with Gasteiger partial charge in [0, 0.05) is 22.2 Å². The van der Waals surface area contributed by atoms with Crippen LogP contribution in [0.5, 0.6) is 0 Å². The zero-order chi connectivity index (χ0) is 17.9. The smallest absolute Gasteiger partial charge is 0.323 e. The van der Waals surface area contributed by atoms with Crippen molar-refractivity contribution in [2.24, 2.45) is 5.73 Å². The van der Waals surface area contributed by atoms with Crippen molar-refractivity contribution >= 4 is 58.4 Å². The quantitative estimate of drug-likeness (QED) is 0.591. The van der Waals surface area contributed by atoms with Gasteiger partial charge in [-0.05, 0) is 25.1 Å². The van der Waals surface area contributed by atoms with Crippen molar-refractivity contribution in [2.45, 2.75) is 24.6 Å². The van der Waals surface area contributed by atoms with Gasteiger partial charge in [0.05, 0.1) is 17.5 Å². The van der Waals surface area contributed by atoms with Crippen molar-refractivity contribution in [2.75, 3.05) is 17.3 Å². The van der Waals surface area contributed by atoms with E-state index in [4.69, 9.17) is 33.7 Å². The molecule has 1 aromatic carbocycles. The van der Waals surface area contributed by atoms with Gasteiger partial charge in [0.2, 0.25) is 11.8 Å². The molecule has 2 N–H and O–H groups in total. The van der Waals surface area contributed by atoms with Gasteiger partial charge < -0.3 is 10.5 Å². The van der Waals surface area contributed by atoms with Crippen LogP contribution >= 0.6 is 35.0 Å². The highest BCUT2D eigenvalue weighted by Gasteiger charge is 2.40. The number of esters is 1. The number of amides is 2.